The zero-order chi connectivity index (χ0) is 99.2. The monoisotopic (exact) mass is 1960 g/mol. The molecule has 0 bridgehead atoms. The quantitative estimate of drug-likeness (QED) is 0.0440. The van der Waals surface area contributed by atoms with Crippen molar-refractivity contribution in [3.05, 3.63) is 300 Å². The fourth-order valence-electron chi connectivity index (χ4n) is 13.9. The Kier molecular flexibility index (Phi) is 40.6. The zero-order valence-electron chi connectivity index (χ0n) is 82.9. The van der Waals surface area contributed by atoms with Gasteiger partial charge in [-0.05, 0) is 290 Å². The summed E-state index contributed by atoms with van der Waals surface area (Å²) in [6.07, 6.45) is 0. The highest BCUT2D eigenvalue weighted by Crippen LogP contribution is 2.58. The van der Waals surface area contributed by atoms with Crippen LogP contribution < -0.4 is 59.9 Å². The average molecular weight is 1970 g/mol. The lowest BCUT2D eigenvalue weighted by Gasteiger charge is -2.30. The smallest absolute Gasteiger partial charge is 0.508 e. The van der Waals surface area contributed by atoms with Crippen LogP contribution in [0.2, 0.25) is 0 Å². The van der Waals surface area contributed by atoms with E-state index in [2.05, 4.69) is 126 Å². The van der Waals surface area contributed by atoms with Crippen molar-refractivity contribution in [3.63, 3.8) is 0 Å². The molecular weight excluding hydrogens is 1830 g/mol. The van der Waals surface area contributed by atoms with Gasteiger partial charge in [0.05, 0.1) is 35.5 Å². The Hall–Kier alpha value is -9.88. The van der Waals surface area contributed by atoms with Gasteiger partial charge in [-0.2, -0.15) is 0 Å². The number of ether oxygens (including phenoxy) is 5. The summed E-state index contributed by atoms with van der Waals surface area (Å²) in [7, 11) is 2.34. The van der Waals surface area contributed by atoms with E-state index in [0.29, 0.717) is 96.8 Å². The van der Waals surface area contributed by atoms with Crippen molar-refractivity contribution in [3.8, 4) is 120 Å². The standard InChI is InChI=1S/C54H64O8P2.C19H24O4.C16H18ClO2P.C11H16O2.C8H10O.Cl3P/c1-33-17-21-47(37(5)25-33)57-63(58-48-22-18-34(2)26-38(48)6)61-51-43(29-41(55-15)31-45(51)53(9,10)11)44-30-42(56-16)32-46(54(12,13)14)52(44)62-64(59-49-23-19-35(3)27-39(49)7)60-50-24-20-36(4)28-40(50)8;1-11-7-12(22-5)8-14(17(11)20)15-9-13(23-6)10-16(18(15)21)19(2,3)4;1-11-5-7-15(13(3)9-11)18-20(17)19-16-8-6-12(2)10-14(16)4;1-11(2,3)9-7-8(13-4)5-6-10(9)12;1-6-3-4-8(9)7(2)5-6;1-4(2)3/h17-32H,1-16H3;7-10,20-21H,1-6H3;5-10H,1-4H3;5-7,12H,1-4H3;3-5,9H,1-2H3;. The molecule has 0 atom stereocenters. The fourth-order valence-corrected chi connectivity index (χ4v) is 17.5. The van der Waals surface area contributed by atoms with Crippen LogP contribution in [0.5, 0.6) is 97.7 Å². The molecule has 714 valence electrons. The summed E-state index contributed by atoms with van der Waals surface area (Å²) in [5.41, 5.74) is 20.3. The van der Waals surface area contributed by atoms with Crippen molar-refractivity contribution in [2.24, 2.45) is 0 Å². The molecule has 0 aliphatic carbocycles. The molecule has 0 amide bonds. The van der Waals surface area contributed by atoms with Crippen LogP contribution in [0.4, 0.5) is 0 Å². The van der Waals surface area contributed by atoms with Crippen LogP contribution in [0.1, 0.15) is 189 Å². The minimum Gasteiger partial charge on any atom is -0.508 e. The number of methoxy groups -OCH3 is 5. The lowest BCUT2D eigenvalue weighted by molar-refractivity contribution is 0.374. The van der Waals surface area contributed by atoms with Crippen molar-refractivity contribution in [1.29, 1.82) is 0 Å². The summed E-state index contributed by atoms with van der Waals surface area (Å²) in [6.45, 7) is 55.2. The van der Waals surface area contributed by atoms with E-state index in [1.807, 2.05) is 211 Å². The molecule has 12 aromatic carbocycles. The summed E-state index contributed by atoms with van der Waals surface area (Å²) < 4.78 is 81.0. The maximum absolute atomic E-state index is 10.8. The molecule has 133 heavy (non-hydrogen) atoms. The Labute approximate surface area is 814 Å². The molecule has 0 unspecified atom stereocenters. The van der Waals surface area contributed by atoms with Gasteiger partial charge in [0, 0.05) is 44.5 Å². The van der Waals surface area contributed by atoms with E-state index in [4.69, 9.17) is 110 Å². The molecule has 0 saturated heterocycles. The predicted molar refractivity (Wildman–Crippen MR) is 557 cm³/mol. The Morgan fingerprint density at radius 2 is 0.466 bits per heavy atom. The third-order valence-corrected chi connectivity index (χ3v) is 24.3. The van der Waals surface area contributed by atoms with Crippen LogP contribution in [0.3, 0.4) is 0 Å². The van der Waals surface area contributed by atoms with E-state index < -0.39 is 41.7 Å². The summed E-state index contributed by atoms with van der Waals surface area (Å²) in [4.78, 5) is 0. The van der Waals surface area contributed by atoms with Crippen LogP contribution in [0, 0.1) is 104 Å². The molecule has 0 spiro atoms. The molecule has 12 rings (SSSR count). The number of rotatable bonds is 23. The maximum Gasteiger partial charge on any atom is 0.530 e. The molecule has 0 aliphatic rings. The molecule has 17 nitrogen and oxygen atoms in total. The van der Waals surface area contributed by atoms with Crippen LogP contribution in [0.15, 0.2) is 194 Å². The first-order valence-corrected chi connectivity index (χ1v) is 51.6. The third kappa shape index (κ3) is 32.7. The SMILES string of the molecule is COc1cc(-c2cc(OC)cc(C(C)(C)C)c2OP(Oc2ccc(C)cc2C)Oc2ccc(C)cc2C)c(OP(Oc2ccc(C)cc2C)Oc2ccc(C)cc2C)c(C(C)(C)C)c1.COc1cc(C)c(O)c(-c2cc(OC)cc(C(C)(C)C)c2O)c1.COc1ccc(O)c(C(C)(C)C)c1.Cc1ccc(O)c(C)c1.Cc1ccc(OP(Cl)Oc2ccc(C)cc2C)c(C)c1.ClP(Cl)Cl. The molecule has 0 heterocycles. The molecule has 25 heteroatoms. The zero-order valence-corrected chi connectivity index (χ0v) is 89.5. The van der Waals surface area contributed by atoms with E-state index in [1.54, 1.807) is 78.9 Å². The van der Waals surface area contributed by atoms with Crippen molar-refractivity contribution >= 4 is 75.9 Å². The summed E-state index contributed by atoms with van der Waals surface area (Å²) >= 11 is 20.8. The second-order valence-corrected chi connectivity index (χ2v) is 45.5. The first-order valence-electron chi connectivity index (χ1n) is 43.2. The first-order chi connectivity index (χ1) is 62.1. The van der Waals surface area contributed by atoms with Gasteiger partial charge >= 0.3 is 24.9 Å². The van der Waals surface area contributed by atoms with Crippen LogP contribution >= 0.6 is 75.9 Å². The summed E-state index contributed by atoms with van der Waals surface area (Å²) in [5.74, 6) is 8.31. The molecule has 0 radical (unpaired) electrons. The second-order valence-electron chi connectivity index (χ2n) is 36.9. The number of phenols is 4. The van der Waals surface area contributed by atoms with E-state index in [0.717, 1.165) is 101 Å². The van der Waals surface area contributed by atoms with Crippen LogP contribution in [-0.2, 0) is 21.7 Å². The van der Waals surface area contributed by atoms with E-state index in [9.17, 15) is 15.3 Å². The predicted octanol–water partition coefficient (Wildman–Crippen LogP) is 33.8. The number of hydrogen-bond donors (Lipinski definition) is 4. The Morgan fingerprint density at radius 3 is 0.737 bits per heavy atom. The molecule has 0 fully saturated rings. The average Bonchev–Trinajstić information content (AvgIpc) is 0.747. The van der Waals surface area contributed by atoms with Crippen LogP contribution in [0.25, 0.3) is 22.3 Å². The van der Waals surface area contributed by atoms with E-state index >= 15 is 0 Å². The lowest BCUT2D eigenvalue weighted by atomic mass is 9.81. The van der Waals surface area contributed by atoms with Gasteiger partial charge in [-0.15, -0.1) is 0 Å². The number of hydrogen-bond acceptors (Lipinski definition) is 17. The van der Waals surface area contributed by atoms with E-state index in [-0.39, 0.29) is 22.3 Å². The fraction of sp³-hybridized carbons (Fsp3) is 0.333. The van der Waals surface area contributed by atoms with Gasteiger partial charge < -0.3 is 80.3 Å². The highest BCUT2D eigenvalue weighted by molar-refractivity contribution is 8.20. The van der Waals surface area contributed by atoms with Gasteiger partial charge in [0.2, 0.25) is 0 Å². The Balaban J connectivity index is 0.000000279. The van der Waals surface area contributed by atoms with Crippen molar-refractivity contribution in [1.82, 2.24) is 0 Å². The lowest BCUT2D eigenvalue weighted by Crippen LogP contribution is -2.17. The highest BCUT2D eigenvalue weighted by atomic mass is 36.0. The number of halogens is 4. The Morgan fingerprint density at radius 1 is 0.226 bits per heavy atom. The van der Waals surface area contributed by atoms with Crippen molar-refractivity contribution in [2.45, 2.75) is 209 Å². The molecule has 0 aliphatic heterocycles. The van der Waals surface area contributed by atoms with Crippen molar-refractivity contribution < 1.29 is 80.3 Å². The second kappa shape index (κ2) is 49.0. The minimum atomic E-state index is -2.13. The van der Waals surface area contributed by atoms with Gasteiger partial charge in [-0.3, -0.25) is 0 Å². The minimum absolute atomic E-state index is 0.0569. The number of phenolic OH excluding ortho intramolecular Hbond substituents is 4. The van der Waals surface area contributed by atoms with Gasteiger partial charge in [-0.1, -0.05) is 241 Å². The first kappa shape index (κ1) is 110. The van der Waals surface area contributed by atoms with Gasteiger partial charge in [0.1, 0.15) is 97.7 Å². The Bertz CT molecular complexity index is 5590. The molecule has 12 aromatic rings. The van der Waals surface area contributed by atoms with Crippen molar-refractivity contribution in [2.75, 3.05) is 35.5 Å². The topological polar surface area (TPSA) is 201 Å². The van der Waals surface area contributed by atoms with Gasteiger partial charge in [-0.25, -0.2) is 0 Å². The molecule has 0 aromatic heterocycles. The normalized spacial score (nSPS) is 11.2. The van der Waals surface area contributed by atoms with Crippen LogP contribution in [-0.4, -0.2) is 56.0 Å². The number of benzene rings is 12. The molecule has 0 saturated carbocycles. The largest absolute Gasteiger partial charge is 0.530 e. The van der Waals surface area contributed by atoms with Gasteiger partial charge in [0.25, 0.3) is 0 Å². The number of aryl methyl sites for hydroxylation is 15. The maximum atomic E-state index is 10.8. The van der Waals surface area contributed by atoms with E-state index in [1.165, 1.54) is 16.7 Å². The molecular formula is C108H132Cl4O17P4. The third-order valence-electron chi connectivity index (χ3n) is 21.1. The summed E-state index contributed by atoms with van der Waals surface area (Å²) in [6, 6.07) is 62.1. The molecule has 4 N–H and O–H groups in total. The van der Waals surface area contributed by atoms with Gasteiger partial charge in [0.15, 0.2) is 5.98 Å². The number of aromatic hydroxyl groups is 4. The summed E-state index contributed by atoms with van der Waals surface area (Å²) in [5, 5.41) is 39.9. The highest BCUT2D eigenvalue weighted by Gasteiger charge is 2.36.